The van der Waals surface area contributed by atoms with Gasteiger partial charge in [-0.3, -0.25) is 9.59 Å². The van der Waals surface area contributed by atoms with Crippen molar-refractivity contribution in [1.82, 2.24) is 0 Å². The molecule has 0 heterocycles. The van der Waals surface area contributed by atoms with Crippen LogP contribution >= 0.6 is 0 Å². The summed E-state index contributed by atoms with van der Waals surface area (Å²) in [5.41, 5.74) is 1.51. The van der Waals surface area contributed by atoms with Crippen molar-refractivity contribution in [1.29, 1.82) is 0 Å². The second kappa shape index (κ2) is 8.03. The van der Waals surface area contributed by atoms with Gasteiger partial charge in [0.15, 0.2) is 0 Å². The van der Waals surface area contributed by atoms with Crippen molar-refractivity contribution < 1.29 is 19.1 Å². The number of ether oxygens (including phenoxy) is 1. The third-order valence-corrected chi connectivity index (χ3v) is 4.68. The van der Waals surface area contributed by atoms with Crippen molar-refractivity contribution in [2.45, 2.75) is 13.3 Å². The SMILES string of the molecule is CCN(C(=O)C1CC1C(=O)Nc1ccccc1C(=O)OC)c1ccccc1. The van der Waals surface area contributed by atoms with Crippen molar-refractivity contribution in [3.8, 4) is 0 Å². The number of nitrogens with one attached hydrogen (secondary N) is 1. The maximum absolute atomic E-state index is 12.8. The average Bonchev–Trinajstić information content (AvgIpc) is 3.50. The molecule has 140 valence electrons. The van der Waals surface area contributed by atoms with E-state index >= 15 is 0 Å². The van der Waals surface area contributed by atoms with Crippen LogP contribution in [0.25, 0.3) is 0 Å². The van der Waals surface area contributed by atoms with Gasteiger partial charge >= 0.3 is 5.97 Å². The molecule has 0 aliphatic heterocycles. The molecule has 27 heavy (non-hydrogen) atoms. The first-order valence-corrected chi connectivity index (χ1v) is 8.91. The number of methoxy groups -OCH3 is 1. The third kappa shape index (κ3) is 4.00. The predicted molar refractivity (Wildman–Crippen MR) is 102 cm³/mol. The van der Waals surface area contributed by atoms with E-state index in [4.69, 9.17) is 4.74 Å². The van der Waals surface area contributed by atoms with Gasteiger partial charge in [-0.1, -0.05) is 30.3 Å². The number of rotatable bonds is 6. The summed E-state index contributed by atoms with van der Waals surface area (Å²) in [7, 11) is 1.29. The molecule has 2 aromatic carbocycles. The highest BCUT2D eigenvalue weighted by Crippen LogP contribution is 2.41. The Morgan fingerprint density at radius 2 is 1.70 bits per heavy atom. The van der Waals surface area contributed by atoms with Gasteiger partial charge < -0.3 is 15.0 Å². The Bertz CT molecular complexity index is 850. The highest BCUT2D eigenvalue weighted by Gasteiger charge is 2.49. The van der Waals surface area contributed by atoms with Crippen molar-refractivity contribution in [3.63, 3.8) is 0 Å². The van der Waals surface area contributed by atoms with Gasteiger partial charge in [0.2, 0.25) is 11.8 Å². The molecule has 0 bridgehead atoms. The summed E-state index contributed by atoms with van der Waals surface area (Å²) in [6, 6.07) is 16.1. The zero-order valence-corrected chi connectivity index (χ0v) is 15.3. The third-order valence-electron chi connectivity index (χ3n) is 4.68. The van der Waals surface area contributed by atoms with Gasteiger partial charge in [-0.05, 0) is 37.6 Å². The Morgan fingerprint density at radius 3 is 2.37 bits per heavy atom. The van der Waals surface area contributed by atoms with E-state index in [0.717, 1.165) is 5.69 Å². The van der Waals surface area contributed by atoms with Gasteiger partial charge in [-0.15, -0.1) is 0 Å². The lowest BCUT2D eigenvalue weighted by Crippen LogP contribution is -2.33. The average molecular weight is 366 g/mol. The summed E-state index contributed by atoms with van der Waals surface area (Å²) in [6.07, 6.45) is 0.508. The largest absolute Gasteiger partial charge is 0.465 e. The summed E-state index contributed by atoms with van der Waals surface area (Å²) in [4.78, 5) is 38.9. The van der Waals surface area contributed by atoms with E-state index in [1.165, 1.54) is 7.11 Å². The Kier molecular flexibility index (Phi) is 5.54. The molecule has 0 radical (unpaired) electrons. The first-order valence-electron chi connectivity index (χ1n) is 8.91. The molecule has 2 unspecified atom stereocenters. The van der Waals surface area contributed by atoms with E-state index in [0.29, 0.717) is 18.7 Å². The number of hydrogen-bond donors (Lipinski definition) is 1. The highest BCUT2D eigenvalue weighted by molar-refractivity contribution is 6.06. The van der Waals surface area contributed by atoms with Crippen LogP contribution in [0.2, 0.25) is 0 Å². The zero-order chi connectivity index (χ0) is 19.4. The monoisotopic (exact) mass is 366 g/mol. The van der Waals surface area contributed by atoms with E-state index < -0.39 is 5.97 Å². The molecule has 1 fully saturated rings. The summed E-state index contributed by atoms with van der Waals surface area (Å²) in [5.74, 6) is -1.55. The fourth-order valence-electron chi connectivity index (χ4n) is 3.14. The minimum absolute atomic E-state index is 0.0508. The number of carbonyl (C=O) groups excluding carboxylic acids is 3. The molecule has 3 rings (SSSR count). The lowest BCUT2D eigenvalue weighted by Gasteiger charge is -2.21. The number of nitrogens with zero attached hydrogens (tertiary/aromatic N) is 1. The van der Waals surface area contributed by atoms with Gasteiger partial charge in [0.25, 0.3) is 0 Å². The van der Waals surface area contributed by atoms with Crippen LogP contribution in [0.4, 0.5) is 11.4 Å². The number of anilines is 2. The normalized spacial score (nSPS) is 17.7. The number of para-hydroxylation sites is 2. The van der Waals surface area contributed by atoms with Crippen molar-refractivity contribution in [2.75, 3.05) is 23.9 Å². The number of benzene rings is 2. The minimum atomic E-state index is -0.518. The Hall–Kier alpha value is -3.15. The smallest absolute Gasteiger partial charge is 0.339 e. The molecule has 2 aromatic rings. The van der Waals surface area contributed by atoms with Crippen LogP contribution in [0.5, 0.6) is 0 Å². The molecule has 1 aliphatic carbocycles. The Morgan fingerprint density at radius 1 is 1.04 bits per heavy atom. The molecular weight excluding hydrogens is 344 g/mol. The second-order valence-corrected chi connectivity index (χ2v) is 6.39. The zero-order valence-electron chi connectivity index (χ0n) is 15.3. The molecule has 6 heteroatoms. The van der Waals surface area contributed by atoms with Crippen LogP contribution in [0.15, 0.2) is 54.6 Å². The van der Waals surface area contributed by atoms with E-state index in [2.05, 4.69) is 5.32 Å². The summed E-state index contributed by atoms with van der Waals surface area (Å²) in [5, 5.41) is 2.76. The minimum Gasteiger partial charge on any atom is -0.465 e. The number of hydrogen-bond acceptors (Lipinski definition) is 4. The Labute approximate surface area is 158 Å². The van der Waals surface area contributed by atoms with Crippen LogP contribution < -0.4 is 10.2 Å². The highest BCUT2D eigenvalue weighted by atomic mass is 16.5. The van der Waals surface area contributed by atoms with E-state index in [1.54, 1.807) is 29.2 Å². The van der Waals surface area contributed by atoms with Gasteiger partial charge in [-0.25, -0.2) is 4.79 Å². The summed E-state index contributed by atoms with van der Waals surface area (Å²) in [6.45, 7) is 2.45. The number of carbonyl (C=O) groups is 3. The molecule has 0 spiro atoms. The van der Waals surface area contributed by atoms with Crippen LogP contribution in [0.3, 0.4) is 0 Å². The fraction of sp³-hybridized carbons (Fsp3) is 0.286. The second-order valence-electron chi connectivity index (χ2n) is 6.39. The van der Waals surface area contributed by atoms with Crippen molar-refractivity contribution in [2.24, 2.45) is 11.8 Å². The molecule has 1 aliphatic rings. The molecular formula is C21H22N2O4. The molecule has 2 amide bonds. The fourth-order valence-corrected chi connectivity index (χ4v) is 3.14. The maximum atomic E-state index is 12.8. The topological polar surface area (TPSA) is 75.7 Å². The van der Waals surface area contributed by atoms with Crippen LogP contribution in [-0.4, -0.2) is 31.4 Å². The van der Waals surface area contributed by atoms with E-state index in [-0.39, 0.29) is 29.2 Å². The van der Waals surface area contributed by atoms with Crippen LogP contribution in [0, 0.1) is 11.8 Å². The molecule has 1 saturated carbocycles. The molecule has 6 nitrogen and oxygen atoms in total. The first-order chi connectivity index (χ1) is 13.1. The van der Waals surface area contributed by atoms with Crippen molar-refractivity contribution in [3.05, 3.63) is 60.2 Å². The lowest BCUT2D eigenvalue weighted by molar-refractivity contribution is -0.123. The van der Waals surface area contributed by atoms with Gasteiger partial charge in [0.1, 0.15) is 0 Å². The van der Waals surface area contributed by atoms with Gasteiger partial charge in [0.05, 0.1) is 30.2 Å². The summed E-state index contributed by atoms with van der Waals surface area (Å²) >= 11 is 0. The number of esters is 1. The molecule has 0 aromatic heterocycles. The van der Waals surface area contributed by atoms with Gasteiger partial charge in [-0.2, -0.15) is 0 Å². The lowest BCUT2D eigenvalue weighted by atomic mass is 10.1. The predicted octanol–water partition coefficient (Wildman–Crippen LogP) is 3.10. The van der Waals surface area contributed by atoms with Crippen molar-refractivity contribution >= 4 is 29.2 Å². The Balaban J connectivity index is 1.67. The van der Waals surface area contributed by atoms with Crippen LogP contribution in [0.1, 0.15) is 23.7 Å². The standard InChI is InChI=1S/C21H22N2O4/c1-3-23(14-9-5-4-6-10-14)20(25)17-13-16(17)19(24)22-18-12-8-7-11-15(18)21(26)27-2/h4-12,16-17H,3,13H2,1-2H3,(H,22,24). The van der Waals surface area contributed by atoms with Gasteiger partial charge in [0, 0.05) is 12.2 Å². The number of amides is 2. The maximum Gasteiger partial charge on any atom is 0.339 e. The van der Waals surface area contributed by atoms with E-state index in [9.17, 15) is 14.4 Å². The molecule has 0 saturated heterocycles. The molecule has 1 N–H and O–H groups in total. The summed E-state index contributed by atoms with van der Waals surface area (Å²) < 4.78 is 4.74. The quantitative estimate of drug-likeness (QED) is 0.797. The van der Waals surface area contributed by atoms with E-state index in [1.807, 2.05) is 37.3 Å². The first kappa shape index (κ1) is 18.6. The molecule has 2 atom stereocenters. The van der Waals surface area contributed by atoms with Crippen LogP contribution in [-0.2, 0) is 14.3 Å².